The quantitative estimate of drug-likeness (QED) is 0.562. The molecular formula is C8H18N2O2. The van der Waals surface area contributed by atoms with Crippen LogP contribution in [0.4, 0.5) is 0 Å². The molecule has 0 aromatic rings. The molecular weight excluding hydrogens is 156 g/mol. The minimum atomic E-state index is 0.0840. The highest BCUT2D eigenvalue weighted by Gasteiger charge is 1.99. The predicted molar refractivity (Wildman–Crippen MR) is 48.1 cm³/mol. The molecule has 0 aliphatic heterocycles. The lowest BCUT2D eigenvalue weighted by Gasteiger charge is -2.08. The number of hydrogen-bond donors (Lipinski definition) is 1. The number of rotatable bonds is 6. The molecule has 0 saturated heterocycles. The Morgan fingerprint density at radius 3 is 2.67 bits per heavy atom. The summed E-state index contributed by atoms with van der Waals surface area (Å²) < 4.78 is 4.79. The van der Waals surface area contributed by atoms with Gasteiger partial charge in [-0.25, -0.2) is 0 Å². The van der Waals surface area contributed by atoms with Crippen LogP contribution in [0.15, 0.2) is 0 Å². The van der Waals surface area contributed by atoms with Gasteiger partial charge >= 0.3 is 0 Å². The number of ether oxygens (including phenoxy) is 1. The van der Waals surface area contributed by atoms with Crippen molar-refractivity contribution in [1.82, 2.24) is 10.2 Å². The zero-order valence-corrected chi connectivity index (χ0v) is 8.09. The standard InChI is InChI=1S/C8H18N2O2/c1-10(2)6-4-8(11)9-5-7-12-3/h4-7H2,1-3H3,(H,9,11). The van der Waals surface area contributed by atoms with E-state index in [1.54, 1.807) is 7.11 Å². The summed E-state index contributed by atoms with van der Waals surface area (Å²) >= 11 is 0. The van der Waals surface area contributed by atoms with Crippen LogP contribution < -0.4 is 5.32 Å². The zero-order valence-electron chi connectivity index (χ0n) is 8.09. The van der Waals surface area contributed by atoms with Gasteiger partial charge in [0.1, 0.15) is 0 Å². The topological polar surface area (TPSA) is 41.6 Å². The second kappa shape index (κ2) is 7.06. The molecule has 12 heavy (non-hydrogen) atoms. The third-order valence-corrected chi connectivity index (χ3v) is 1.41. The summed E-state index contributed by atoms with van der Waals surface area (Å²) in [7, 11) is 5.51. The summed E-state index contributed by atoms with van der Waals surface area (Å²) in [6, 6.07) is 0. The van der Waals surface area contributed by atoms with Crippen molar-refractivity contribution in [3.8, 4) is 0 Å². The van der Waals surface area contributed by atoms with Crippen LogP contribution in [0, 0.1) is 0 Å². The molecule has 1 amide bonds. The number of amides is 1. The minimum absolute atomic E-state index is 0.0840. The first-order valence-corrected chi connectivity index (χ1v) is 4.07. The maximum atomic E-state index is 11.0. The molecule has 0 saturated carbocycles. The molecule has 0 rings (SSSR count). The Bertz CT molecular complexity index is 126. The Morgan fingerprint density at radius 1 is 1.50 bits per heavy atom. The fraction of sp³-hybridized carbons (Fsp3) is 0.875. The number of nitrogens with zero attached hydrogens (tertiary/aromatic N) is 1. The first-order chi connectivity index (χ1) is 5.66. The molecule has 0 aliphatic carbocycles. The van der Waals surface area contributed by atoms with E-state index in [1.165, 1.54) is 0 Å². The van der Waals surface area contributed by atoms with E-state index >= 15 is 0 Å². The second-order valence-corrected chi connectivity index (χ2v) is 2.90. The van der Waals surface area contributed by atoms with Gasteiger partial charge in [0.2, 0.25) is 5.91 Å². The fourth-order valence-electron chi connectivity index (χ4n) is 0.706. The molecule has 0 radical (unpaired) electrons. The monoisotopic (exact) mass is 174 g/mol. The van der Waals surface area contributed by atoms with E-state index in [-0.39, 0.29) is 5.91 Å². The summed E-state index contributed by atoms with van der Waals surface area (Å²) in [5.41, 5.74) is 0. The molecule has 0 aliphatic rings. The summed E-state index contributed by atoms with van der Waals surface area (Å²) in [5.74, 6) is 0.0840. The van der Waals surface area contributed by atoms with E-state index in [9.17, 15) is 4.79 Å². The normalized spacial score (nSPS) is 10.3. The fourth-order valence-corrected chi connectivity index (χ4v) is 0.706. The average Bonchev–Trinajstić information content (AvgIpc) is 2.01. The molecule has 0 spiro atoms. The summed E-state index contributed by atoms with van der Waals surface area (Å²) in [6.45, 7) is 1.97. The van der Waals surface area contributed by atoms with Gasteiger partial charge in [0.15, 0.2) is 0 Å². The van der Waals surface area contributed by atoms with Crippen molar-refractivity contribution in [3.63, 3.8) is 0 Å². The summed E-state index contributed by atoms with van der Waals surface area (Å²) in [5, 5.41) is 2.75. The molecule has 0 aromatic carbocycles. The van der Waals surface area contributed by atoms with E-state index in [0.29, 0.717) is 19.6 Å². The van der Waals surface area contributed by atoms with Crippen LogP contribution in [0.1, 0.15) is 6.42 Å². The Kier molecular flexibility index (Phi) is 6.70. The van der Waals surface area contributed by atoms with Crippen LogP contribution in [0.2, 0.25) is 0 Å². The Morgan fingerprint density at radius 2 is 2.17 bits per heavy atom. The van der Waals surface area contributed by atoms with E-state index < -0.39 is 0 Å². The van der Waals surface area contributed by atoms with E-state index in [0.717, 1.165) is 6.54 Å². The lowest BCUT2D eigenvalue weighted by molar-refractivity contribution is -0.121. The largest absolute Gasteiger partial charge is 0.383 e. The van der Waals surface area contributed by atoms with Crippen LogP contribution in [0.5, 0.6) is 0 Å². The highest BCUT2D eigenvalue weighted by atomic mass is 16.5. The highest BCUT2D eigenvalue weighted by molar-refractivity contribution is 5.75. The second-order valence-electron chi connectivity index (χ2n) is 2.90. The molecule has 0 bridgehead atoms. The van der Waals surface area contributed by atoms with E-state index in [4.69, 9.17) is 4.74 Å². The summed E-state index contributed by atoms with van der Waals surface area (Å²) in [4.78, 5) is 13.0. The van der Waals surface area contributed by atoms with Crippen molar-refractivity contribution in [2.75, 3.05) is 40.9 Å². The minimum Gasteiger partial charge on any atom is -0.383 e. The van der Waals surface area contributed by atoms with Gasteiger partial charge in [-0.15, -0.1) is 0 Å². The van der Waals surface area contributed by atoms with Gasteiger partial charge in [-0.3, -0.25) is 4.79 Å². The van der Waals surface area contributed by atoms with E-state index in [1.807, 2.05) is 19.0 Å². The molecule has 1 N–H and O–H groups in total. The van der Waals surface area contributed by atoms with Gasteiger partial charge in [0.05, 0.1) is 6.61 Å². The van der Waals surface area contributed by atoms with Crippen molar-refractivity contribution < 1.29 is 9.53 Å². The molecule has 0 heterocycles. The molecule has 0 unspecified atom stereocenters. The molecule has 4 heteroatoms. The molecule has 72 valence electrons. The zero-order chi connectivity index (χ0) is 9.40. The lowest BCUT2D eigenvalue weighted by Crippen LogP contribution is -2.29. The smallest absolute Gasteiger partial charge is 0.221 e. The van der Waals surface area contributed by atoms with Crippen molar-refractivity contribution >= 4 is 5.91 Å². The van der Waals surface area contributed by atoms with Crippen LogP contribution in [0.25, 0.3) is 0 Å². The van der Waals surface area contributed by atoms with Gasteiger partial charge in [0, 0.05) is 26.6 Å². The third-order valence-electron chi connectivity index (χ3n) is 1.41. The third kappa shape index (κ3) is 7.50. The average molecular weight is 174 g/mol. The van der Waals surface area contributed by atoms with Gasteiger partial charge in [-0.2, -0.15) is 0 Å². The first kappa shape index (κ1) is 11.4. The van der Waals surface area contributed by atoms with Crippen molar-refractivity contribution in [2.24, 2.45) is 0 Å². The first-order valence-electron chi connectivity index (χ1n) is 4.07. The van der Waals surface area contributed by atoms with Gasteiger partial charge < -0.3 is 15.0 Å². The SMILES string of the molecule is COCCNC(=O)CCN(C)C. The number of carbonyl (C=O) groups excluding carboxylic acids is 1. The van der Waals surface area contributed by atoms with Gasteiger partial charge in [-0.05, 0) is 14.1 Å². The number of nitrogens with one attached hydrogen (secondary N) is 1. The van der Waals surface area contributed by atoms with Crippen molar-refractivity contribution in [3.05, 3.63) is 0 Å². The number of methoxy groups -OCH3 is 1. The van der Waals surface area contributed by atoms with Gasteiger partial charge in [-0.1, -0.05) is 0 Å². The highest BCUT2D eigenvalue weighted by Crippen LogP contribution is 1.82. The van der Waals surface area contributed by atoms with Crippen LogP contribution in [-0.4, -0.2) is 51.7 Å². The van der Waals surface area contributed by atoms with Crippen LogP contribution in [-0.2, 0) is 9.53 Å². The molecule has 4 nitrogen and oxygen atoms in total. The Labute approximate surface area is 73.9 Å². The Hall–Kier alpha value is -0.610. The maximum Gasteiger partial charge on any atom is 0.221 e. The van der Waals surface area contributed by atoms with E-state index in [2.05, 4.69) is 5.32 Å². The lowest BCUT2D eigenvalue weighted by atomic mass is 10.4. The Balaban J connectivity index is 3.22. The van der Waals surface area contributed by atoms with Gasteiger partial charge in [0.25, 0.3) is 0 Å². The number of hydrogen-bond acceptors (Lipinski definition) is 3. The van der Waals surface area contributed by atoms with Crippen LogP contribution in [0.3, 0.4) is 0 Å². The van der Waals surface area contributed by atoms with Crippen molar-refractivity contribution in [1.29, 1.82) is 0 Å². The summed E-state index contributed by atoms with van der Waals surface area (Å²) in [6.07, 6.45) is 0.552. The van der Waals surface area contributed by atoms with Crippen molar-refractivity contribution in [2.45, 2.75) is 6.42 Å². The number of carbonyl (C=O) groups is 1. The molecule has 0 atom stereocenters. The molecule has 0 aromatic heterocycles. The van der Waals surface area contributed by atoms with Crippen LogP contribution >= 0.6 is 0 Å². The predicted octanol–water partition coefficient (Wildman–Crippen LogP) is -0.299. The molecule has 0 fully saturated rings. The maximum absolute atomic E-state index is 11.0.